The maximum Gasteiger partial charge on any atom is 0.256 e. The third-order valence-corrected chi connectivity index (χ3v) is 3.82. The van der Waals surface area contributed by atoms with E-state index in [0.717, 1.165) is 13.0 Å². The molecule has 2 aromatic rings. The summed E-state index contributed by atoms with van der Waals surface area (Å²) in [6, 6.07) is 5.75. The summed E-state index contributed by atoms with van der Waals surface area (Å²) in [5.74, 6) is 0.883. The second kappa shape index (κ2) is 6.08. The van der Waals surface area contributed by atoms with Crippen LogP contribution in [-0.4, -0.2) is 30.2 Å². The van der Waals surface area contributed by atoms with E-state index in [-0.39, 0.29) is 11.5 Å². The minimum atomic E-state index is -0.275. The Morgan fingerprint density at radius 1 is 1.50 bits per heavy atom. The van der Waals surface area contributed by atoms with Crippen LogP contribution in [0, 0.1) is 24.2 Å². The molecule has 3 heterocycles. The number of hydrogen-bond donors (Lipinski definition) is 1. The summed E-state index contributed by atoms with van der Waals surface area (Å²) in [7, 11) is 0. The van der Waals surface area contributed by atoms with E-state index >= 15 is 0 Å². The van der Waals surface area contributed by atoms with Crippen LogP contribution in [0.1, 0.15) is 28.1 Å². The molecule has 1 N–H and O–H groups in total. The first-order valence-electron chi connectivity index (χ1n) is 7.23. The number of rotatable bonds is 4. The number of hydrogen-bond acceptors (Lipinski definition) is 4. The zero-order valence-electron chi connectivity index (χ0n) is 12.3. The molecule has 0 unspecified atom stereocenters. The van der Waals surface area contributed by atoms with E-state index in [1.165, 1.54) is 0 Å². The fourth-order valence-corrected chi connectivity index (χ4v) is 2.63. The minimum Gasteiger partial charge on any atom is -0.443 e. The van der Waals surface area contributed by atoms with Gasteiger partial charge in [-0.25, -0.2) is 0 Å². The van der Waals surface area contributed by atoms with Gasteiger partial charge >= 0.3 is 0 Å². The van der Waals surface area contributed by atoms with Crippen LogP contribution in [0.5, 0.6) is 0 Å². The van der Waals surface area contributed by atoms with Crippen LogP contribution in [0.4, 0.5) is 0 Å². The lowest BCUT2D eigenvalue weighted by Crippen LogP contribution is -2.30. The molecule has 1 amide bonds. The number of carbonyl (C=O) groups is 1. The maximum absolute atomic E-state index is 12.4. The van der Waals surface area contributed by atoms with Gasteiger partial charge < -0.3 is 14.5 Å². The number of carbonyl (C=O) groups excluding carboxylic acids is 1. The molecular weight excluding hydrogens is 282 g/mol. The minimum absolute atomic E-state index is 0.258. The summed E-state index contributed by atoms with van der Waals surface area (Å²) in [4.78, 5) is 12.4. The second-order valence-corrected chi connectivity index (χ2v) is 5.36. The number of nitrogens with zero attached hydrogens (tertiary/aromatic N) is 2. The number of ether oxygens (including phenoxy) is 1. The standard InChI is InChI=1S/C16H17N3O3/c1-11-14(15(20)18-9-12-4-7-21-10-12)13(8-17)16(22-11)19-5-2-3-6-19/h2-3,5-6,12H,4,7,9-10H2,1H3,(H,18,20)/t12-/m1/s1. The molecule has 22 heavy (non-hydrogen) atoms. The monoisotopic (exact) mass is 299 g/mol. The van der Waals surface area contributed by atoms with Crippen molar-refractivity contribution in [2.75, 3.05) is 19.8 Å². The molecular formula is C16H17N3O3. The number of aryl methyl sites for hydroxylation is 1. The van der Waals surface area contributed by atoms with Crippen LogP contribution in [0.2, 0.25) is 0 Å². The largest absolute Gasteiger partial charge is 0.443 e. The lowest BCUT2D eigenvalue weighted by atomic mass is 10.1. The zero-order valence-corrected chi connectivity index (χ0v) is 12.3. The van der Waals surface area contributed by atoms with Gasteiger partial charge in [0.25, 0.3) is 5.91 Å². The smallest absolute Gasteiger partial charge is 0.256 e. The van der Waals surface area contributed by atoms with Crippen LogP contribution in [0.3, 0.4) is 0 Å². The van der Waals surface area contributed by atoms with Crippen molar-refractivity contribution in [3.05, 3.63) is 41.4 Å². The van der Waals surface area contributed by atoms with Crippen molar-refractivity contribution in [3.8, 4) is 12.0 Å². The van der Waals surface area contributed by atoms with Crippen LogP contribution in [0.15, 0.2) is 28.9 Å². The SMILES string of the molecule is Cc1oc(-n2cccc2)c(C#N)c1C(=O)NC[C@H]1CCOC1. The third-order valence-electron chi connectivity index (χ3n) is 3.82. The molecule has 1 aliphatic rings. The van der Waals surface area contributed by atoms with Crippen LogP contribution in [-0.2, 0) is 4.74 Å². The predicted octanol–water partition coefficient (Wildman–Crippen LogP) is 2.02. The normalized spacial score (nSPS) is 17.4. The van der Waals surface area contributed by atoms with Gasteiger partial charge in [-0.05, 0) is 25.5 Å². The number of amides is 1. The molecule has 1 saturated heterocycles. The highest BCUT2D eigenvalue weighted by atomic mass is 16.5. The first-order chi connectivity index (χ1) is 10.7. The molecule has 1 atom stereocenters. The molecule has 0 spiro atoms. The first kappa shape index (κ1) is 14.4. The Morgan fingerprint density at radius 3 is 2.91 bits per heavy atom. The van der Waals surface area contributed by atoms with Gasteiger partial charge in [0.15, 0.2) is 0 Å². The van der Waals surface area contributed by atoms with Crippen molar-refractivity contribution < 1.29 is 13.9 Å². The molecule has 0 saturated carbocycles. The molecule has 0 radical (unpaired) electrons. The molecule has 114 valence electrons. The molecule has 0 bridgehead atoms. The quantitative estimate of drug-likeness (QED) is 0.936. The van der Waals surface area contributed by atoms with E-state index in [9.17, 15) is 10.1 Å². The van der Waals surface area contributed by atoms with E-state index in [4.69, 9.17) is 9.15 Å². The van der Waals surface area contributed by atoms with Crippen LogP contribution in [0.25, 0.3) is 5.88 Å². The Labute approximate surface area is 128 Å². The van der Waals surface area contributed by atoms with E-state index in [0.29, 0.717) is 36.3 Å². The number of nitriles is 1. The summed E-state index contributed by atoms with van der Waals surface area (Å²) >= 11 is 0. The average molecular weight is 299 g/mol. The topological polar surface area (TPSA) is 80.2 Å². The lowest BCUT2D eigenvalue weighted by molar-refractivity contribution is 0.0943. The fraction of sp³-hybridized carbons (Fsp3) is 0.375. The Morgan fingerprint density at radius 2 is 2.27 bits per heavy atom. The van der Waals surface area contributed by atoms with Gasteiger partial charge in [-0.15, -0.1) is 0 Å². The van der Waals surface area contributed by atoms with Gasteiger partial charge in [-0.3, -0.25) is 9.36 Å². The van der Waals surface area contributed by atoms with Gasteiger partial charge in [-0.2, -0.15) is 5.26 Å². The van der Waals surface area contributed by atoms with Crippen molar-refractivity contribution in [2.24, 2.45) is 5.92 Å². The Balaban J connectivity index is 1.83. The summed E-state index contributed by atoms with van der Waals surface area (Å²) in [5, 5.41) is 12.3. The Kier molecular flexibility index (Phi) is 3.98. The highest BCUT2D eigenvalue weighted by Crippen LogP contribution is 2.25. The van der Waals surface area contributed by atoms with Gasteiger partial charge in [-0.1, -0.05) is 0 Å². The molecule has 6 heteroatoms. The molecule has 2 aromatic heterocycles. The Bertz CT molecular complexity index is 704. The lowest BCUT2D eigenvalue weighted by Gasteiger charge is -2.09. The highest BCUT2D eigenvalue weighted by molar-refractivity contribution is 5.98. The van der Waals surface area contributed by atoms with Crippen molar-refractivity contribution in [1.82, 2.24) is 9.88 Å². The number of aromatic nitrogens is 1. The van der Waals surface area contributed by atoms with Crippen molar-refractivity contribution in [2.45, 2.75) is 13.3 Å². The first-order valence-corrected chi connectivity index (χ1v) is 7.23. The molecule has 6 nitrogen and oxygen atoms in total. The predicted molar refractivity (Wildman–Crippen MR) is 78.7 cm³/mol. The molecule has 0 aliphatic carbocycles. The van der Waals surface area contributed by atoms with Crippen molar-refractivity contribution in [3.63, 3.8) is 0 Å². The van der Waals surface area contributed by atoms with Crippen molar-refractivity contribution in [1.29, 1.82) is 5.26 Å². The van der Waals surface area contributed by atoms with Gasteiger partial charge in [0.1, 0.15) is 23.0 Å². The zero-order chi connectivity index (χ0) is 15.5. The van der Waals surface area contributed by atoms with E-state index < -0.39 is 0 Å². The summed E-state index contributed by atoms with van der Waals surface area (Å²) in [6.45, 7) is 3.66. The van der Waals surface area contributed by atoms with Crippen molar-refractivity contribution >= 4 is 5.91 Å². The Hall–Kier alpha value is -2.52. The second-order valence-electron chi connectivity index (χ2n) is 5.36. The van der Waals surface area contributed by atoms with Gasteiger partial charge in [0.05, 0.1) is 6.61 Å². The highest BCUT2D eigenvalue weighted by Gasteiger charge is 2.25. The fourth-order valence-electron chi connectivity index (χ4n) is 2.63. The van der Waals surface area contributed by atoms with E-state index in [2.05, 4.69) is 11.4 Å². The van der Waals surface area contributed by atoms with E-state index in [1.807, 2.05) is 12.1 Å². The molecule has 3 rings (SSSR count). The summed E-state index contributed by atoms with van der Waals surface area (Å²) < 4.78 is 12.6. The number of nitrogens with one attached hydrogen (secondary N) is 1. The summed E-state index contributed by atoms with van der Waals surface area (Å²) in [6.07, 6.45) is 4.50. The van der Waals surface area contributed by atoms with Gasteiger partial charge in [0, 0.05) is 31.5 Å². The summed E-state index contributed by atoms with van der Waals surface area (Å²) in [5.41, 5.74) is 0.569. The molecule has 1 fully saturated rings. The molecule has 0 aromatic carbocycles. The van der Waals surface area contributed by atoms with E-state index in [1.54, 1.807) is 23.9 Å². The maximum atomic E-state index is 12.4. The number of furan rings is 1. The third kappa shape index (κ3) is 2.63. The average Bonchev–Trinajstić information content (AvgIpc) is 3.24. The van der Waals surface area contributed by atoms with Crippen LogP contribution >= 0.6 is 0 Å². The van der Waals surface area contributed by atoms with Crippen LogP contribution < -0.4 is 5.32 Å². The molecule has 1 aliphatic heterocycles. The van der Waals surface area contributed by atoms with Gasteiger partial charge in [0.2, 0.25) is 5.88 Å².